The van der Waals surface area contributed by atoms with E-state index in [0.29, 0.717) is 5.56 Å². The summed E-state index contributed by atoms with van der Waals surface area (Å²) in [5, 5.41) is 1.89. The molecule has 7 heteroatoms. The second-order valence-electron chi connectivity index (χ2n) is 6.87. The third kappa shape index (κ3) is 6.57. The van der Waals surface area contributed by atoms with Crippen molar-refractivity contribution in [2.45, 2.75) is 32.8 Å². The molecule has 2 aromatic carbocycles. The number of imide groups is 1. The Morgan fingerprint density at radius 2 is 1.48 bits per heavy atom. The molecule has 0 aliphatic carbocycles. The Hall–Kier alpha value is -3.48. The van der Waals surface area contributed by atoms with Gasteiger partial charge in [-0.15, -0.1) is 0 Å². The molecule has 0 saturated carbocycles. The summed E-state index contributed by atoms with van der Waals surface area (Å²) in [7, 11) is 0. The molecule has 7 nitrogen and oxygen atoms in total. The number of primary amides is 1. The van der Waals surface area contributed by atoms with Crippen molar-refractivity contribution in [3.63, 3.8) is 0 Å². The van der Waals surface area contributed by atoms with Crippen LogP contribution in [0.15, 0.2) is 54.6 Å². The number of carbonyl (C=O) groups is 4. The lowest BCUT2D eigenvalue weighted by atomic mass is 10.0. The summed E-state index contributed by atoms with van der Waals surface area (Å²) in [6, 6.07) is 15.9. The SMILES string of the molecule is CC(C)[C@H](OC(=O)CCC(=O)c1ccc(-c2ccccc2)cc1)C(=O)NC(N)=O. The van der Waals surface area contributed by atoms with Crippen LogP contribution in [0.5, 0.6) is 0 Å². The molecule has 0 aliphatic rings. The Labute approximate surface area is 169 Å². The molecule has 0 radical (unpaired) electrons. The molecule has 0 heterocycles. The number of esters is 1. The second-order valence-corrected chi connectivity index (χ2v) is 6.87. The number of ketones is 1. The van der Waals surface area contributed by atoms with Crippen LogP contribution in [0.4, 0.5) is 4.79 Å². The molecule has 0 saturated heterocycles. The predicted octanol–water partition coefficient (Wildman–Crippen LogP) is 3.08. The zero-order valence-corrected chi connectivity index (χ0v) is 16.4. The smallest absolute Gasteiger partial charge is 0.318 e. The zero-order valence-electron chi connectivity index (χ0n) is 16.4. The van der Waals surface area contributed by atoms with Crippen LogP contribution < -0.4 is 11.1 Å². The molecule has 0 aliphatic heterocycles. The molecule has 3 amide bonds. The van der Waals surface area contributed by atoms with Gasteiger partial charge in [-0.25, -0.2) is 4.79 Å². The lowest BCUT2D eigenvalue weighted by molar-refractivity contribution is -0.158. The molecule has 3 N–H and O–H groups in total. The molecule has 0 fully saturated rings. The highest BCUT2D eigenvalue weighted by molar-refractivity contribution is 5.99. The number of ether oxygens (including phenoxy) is 1. The largest absolute Gasteiger partial charge is 0.452 e. The van der Waals surface area contributed by atoms with Gasteiger partial charge in [0, 0.05) is 12.0 Å². The van der Waals surface area contributed by atoms with Crippen molar-refractivity contribution in [2.75, 3.05) is 0 Å². The standard InChI is InChI=1S/C22H24N2O5/c1-14(2)20(21(27)24-22(23)28)29-19(26)13-12-18(25)17-10-8-16(9-11-17)15-6-4-3-5-7-15/h3-11,14,20H,12-13H2,1-2H3,(H3,23,24,27,28)/t20-/m0/s1. The summed E-state index contributed by atoms with van der Waals surface area (Å²) in [5.74, 6) is -2.05. The molecular formula is C22H24N2O5. The van der Waals surface area contributed by atoms with Gasteiger partial charge in [0.1, 0.15) is 0 Å². The number of benzene rings is 2. The lowest BCUT2D eigenvalue weighted by Crippen LogP contribution is -2.45. The maximum atomic E-state index is 12.3. The second kappa shape index (κ2) is 10.2. The van der Waals surface area contributed by atoms with Crippen LogP contribution in [-0.2, 0) is 14.3 Å². The van der Waals surface area contributed by atoms with E-state index in [1.165, 1.54) is 0 Å². The maximum absolute atomic E-state index is 12.3. The van der Waals surface area contributed by atoms with Gasteiger partial charge in [-0.2, -0.15) is 0 Å². The van der Waals surface area contributed by atoms with Gasteiger partial charge in [-0.3, -0.25) is 19.7 Å². The average Bonchev–Trinajstić information content (AvgIpc) is 2.70. The monoisotopic (exact) mass is 396 g/mol. The number of nitrogens with one attached hydrogen (secondary N) is 1. The van der Waals surface area contributed by atoms with E-state index in [1.807, 2.05) is 47.8 Å². The Bertz CT molecular complexity index is 876. The van der Waals surface area contributed by atoms with Crippen LogP contribution in [0.3, 0.4) is 0 Å². The normalized spacial score (nSPS) is 11.6. The van der Waals surface area contributed by atoms with E-state index in [4.69, 9.17) is 10.5 Å². The molecular weight excluding hydrogens is 372 g/mol. The van der Waals surface area contributed by atoms with Crippen LogP contribution >= 0.6 is 0 Å². The number of rotatable bonds is 8. The maximum Gasteiger partial charge on any atom is 0.318 e. The predicted molar refractivity (Wildman–Crippen MR) is 108 cm³/mol. The minimum absolute atomic E-state index is 0.0498. The van der Waals surface area contributed by atoms with Crippen LogP contribution in [0.2, 0.25) is 0 Å². The fourth-order valence-electron chi connectivity index (χ4n) is 2.72. The van der Waals surface area contributed by atoms with E-state index in [1.54, 1.807) is 26.0 Å². The van der Waals surface area contributed by atoms with Gasteiger partial charge >= 0.3 is 12.0 Å². The molecule has 0 aromatic heterocycles. The van der Waals surface area contributed by atoms with Crippen LogP contribution in [0, 0.1) is 5.92 Å². The van der Waals surface area contributed by atoms with Gasteiger partial charge < -0.3 is 10.5 Å². The van der Waals surface area contributed by atoms with Gasteiger partial charge in [-0.05, 0) is 17.0 Å². The highest BCUT2D eigenvalue weighted by Gasteiger charge is 2.27. The molecule has 2 aromatic rings. The molecule has 0 bridgehead atoms. The highest BCUT2D eigenvalue weighted by Crippen LogP contribution is 2.20. The van der Waals surface area contributed by atoms with E-state index >= 15 is 0 Å². The van der Waals surface area contributed by atoms with E-state index < -0.39 is 24.0 Å². The number of Topliss-reactive ketones (excluding diaryl/α,β-unsaturated/α-hetero) is 1. The summed E-state index contributed by atoms with van der Waals surface area (Å²) >= 11 is 0. The number of carbonyl (C=O) groups excluding carboxylic acids is 4. The lowest BCUT2D eigenvalue weighted by Gasteiger charge is -2.19. The summed E-state index contributed by atoms with van der Waals surface area (Å²) in [6.07, 6.45) is -1.38. The number of urea groups is 1. The van der Waals surface area contributed by atoms with E-state index in [2.05, 4.69) is 0 Å². The first-order valence-electron chi connectivity index (χ1n) is 9.26. The van der Waals surface area contributed by atoms with Crippen LogP contribution in [0.1, 0.15) is 37.0 Å². The van der Waals surface area contributed by atoms with Gasteiger partial charge in [0.05, 0.1) is 6.42 Å². The van der Waals surface area contributed by atoms with Crippen molar-refractivity contribution < 1.29 is 23.9 Å². The fourth-order valence-corrected chi connectivity index (χ4v) is 2.72. The van der Waals surface area contributed by atoms with Gasteiger partial charge in [0.2, 0.25) is 0 Å². The van der Waals surface area contributed by atoms with Crippen molar-refractivity contribution >= 4 is 23.7 Å². The van der Waals surface area contributed by atoms with Crippen molar-refractivity contribution in [1.29, 1.82) is 0 Å². The third-order valence-electron chi connectivity index (χ3n) is 4.24. The molecule has 1 atom stereocenters. The van der Waals surface area contributed by atoms with Gasteiger partial charge in [-0.1, -0.05) is 68.4 Å². The van der Waals surface area contributed by atoms with E-state index in [-0.39, 0.29) is 24.5 Å². The van der Waals surface area contributed by atoms with E-state index in [0.717, 1.165) is 11.1 Å². The van der Waals surface area contributed by atoms with Gasteiger partial charge in [0.15, 0.2) is 11.9 Å². The molecule has 0 spiro atoms. The molecule has 0 unspecified atom stereocenters. The first-order chi connectivity index (χ1) is 13.8. The summed E-state index contributed by atoms with van der Waals surface area (Å²) in [4.78, 5) is 47.1. The summed E-state index contributed by atoms with van der Waals surface area (Å²) in [6.45, 7) is 3.33. The number of hydrogen-bond donors (Lipinski definition) is 2. The average molecular weight is 396 g/mol. The summed E-state index contributed by atoms with van der Waals surface area (Å²) < 4.78 is 5.13. The highest BCUT2D eigenvalue weighted by atomic mass is 16.5. The fraction of sp³-hybridized carbons (Fsp3) is 0.273. The minimum Gasteiger partial charge on any atom is -0.452 e. The Kier molecular flexibility index (Phi) is 7.65. The zero-order chi connectivity index (χ0) is 21.4. The topological polar surface area (TPSA) is 116 Å². The Morgan fingerprint density at radius 3 is 2.03 bits per heavy atom. The minimum atomic E-state index is -1.16. The van der Waals surface area contributed by atoms with Crippen molar-refractivity contribution in [2.24, 2.45) is 11.7 Å². The summed E-state index contributed by atoms with van der Waals surface area (Å²) in [5.41, 5.74) is 7.44. The Balaban J connectivity index is 1.91. The third-order valence-corrected chi connectivity index (χ3v) is 4.24. The number of nitrogens with two attached hydrogens (primary N) is 1. The first kappa shape index (κ1) is 21.8. The Morgan fingerprint density at radius 1 is 0.897 bits per heavy atom. The van der Waals surface area contributed by atoms with Crippen LogP contribution in [0.25, 0.3) is 11.1 Å². The quantitative estimate of drug-likeness (QED) is 0.525. The first-order valence-corrected chi connectivity index (χ1v) is 9.26. The van der Waals surface area contributed by atoms with Crippen molar-refractivity contribution in [1.82, 2.24) is 5.32 Å². The van der Waals surface area contributed by atoms with Crippen molar-refractivity contribution in [3.8, 4) is 11.1 Å². The number of amides is 3. The van der Waals surface area contributed by atoms with E-state index in [9.17, 15) is 19.2 Å². The molecule has 2 rings (SSSR count). The number of hydrogen-bond acceptors (Lipinski definition) is 5. The van der Waals surface area contributed by atoms with Crippen molar-refractivity contribution in [3.05, 3.63) is 60.2 Å². The van der Waals surface area contributed by atoms with Gasteiger partial charge in [0.25, 0.3) is 5.91 Å². The molecule has 29 heavy (non-hydrogen) atoms. The van der Waals surface area contributed by atoms with Crippen LogP contribution in [-0.4, -0.2) is 29.8 Å². The molecule has 152 valence electrons.